The molecule has 1 atom stereocenters. The van der Waals surface area contributed by atoms with Crippen LogP contribution < -0.4 is 0 Å². The van der Waals surface area contributed by atoms with Gasteiger partial charge in [-0.05, 0) is 45.4 Å². The van der Waals surface area contributed by atoms with Gasteiger partial charge in [-0.15, -0.1) is 10.2 Å². The van der Waals surface area contributed by atoms with Crippen LogP contribution in [-0.4, -0.2) is 36.8 Å². The second-order valence-electron chi connectivity index (χ2n) is 6.52. The topological polar surface area (TPSA) is 93.5 Å². The van der Waals surface area contributed by atoms with E-state index >= 15 is 0 Å². The Bertz CT molecular complexity index is 982. The van der Waals surface area contributed by atoms with Crippen molar-refractivity contribution in [3.8, 4) is 11.4 Å². The highest BCUT2D eigenvalue weighted by Gasteiger charge is 2.26. The van der Waals surface area contributed by atoms with Gasteiger partial charge in [0.05, 0.1) is 5.69 Å². The van der Waals surface area contributed by atoms with Gasteiger partial charge in [0.2, 0.25) is 11.6 Å². The van der Waals surface area contributed by atoms with Crippen molar-refractivity contribution in [2.24, 2.45) is 0 Å². The number of benzene rings is 1. The molecule has 1 N–H and O–H groups in total. The fourth-order valence-electron chi connectivity index (χ4n) is 3.05. The van der Waals surface area contributed by atoms with Crippen LogP contribution in [0, 0.1) is 20.8 Å². The summed E-state index contributed by atoms with van der Waals surface area (Å²) in [6.07, 6.45) is 0. The monoisotopic (exact) mass is 351 g/mol. The number of nitrogens with zero attached hydrogens (tertiary/aromatic N) is 4. The minimum absolute atomic E-state index is 0.0662. The Morgan fingerprint density at radius 2 is 1.77 bits per heavy atom. The number of aromatic nitrogens is 5. The molecular formula is C19H21N5O2. The second kappa shape index (κ2) is 6.67. The molecule has 26 heavy (non-hydrogen) atoms. The van der Waals surface area contributed by atoms with E-state index in [0.29, 0.717) is 28.3 Å². The normalized spacial score (nSPS) is 12.2. The maximum atomic E-state index is 12.9. The molecule has 0 spiro atoms. The van der Waals surface area contributed by atoms with Gasteiger partial charge in [0, 0.05) is 16.8 Å². The fourth-order valence-corrected chi connectivity index (χ4v) is 3.05. The molecule has 0 saturated carbocycles. The largest absolute Gasteiger partial charge is 0.355 e. The summed E-state index contributed by atoms with van der Waals surface area (Å²) in [6, 6.07) is 7.14. The van der Waals surface area contributed by atoms with Crippen molar-refractivity contribution in [3.63, 3.8) is 0 Å². The number of Topliss-reactive ketones (excluding diaryl/α,β-unsaturated/α-hetero) is 2. The van der Waals surface area contributed by atoms with Crippen LogP contribution >= 0.6 is 0 Å². The van der Waals surface area contributed by atoms with Crippen molar-refractivity contribution < 1.29 is 9.59 Å². The summed E-state index contributed by atoms with van der Waals surface area (Å²) in [7, 11) is 0. The van der Waals surface area contributed by atoms with E-state index in [1.807, 2.05) is 31.2 Å². The zero-order valence-corrected chi connectivity index (χ0v) is 15.5. The predicted octanol–water partition coefficient (Wildman–Crippen LogP) is 3.24. The molecule has 0 saturated heterocycles. The predicted molar refractivity (Wildman–Crippen MR) is 97.3 cm³/mol. The molecule has 0 aliphatic heterocycles. The molecule has 2 heterocycles. The van der Waals surface area contributed by atoms with Crippen LogP contribution in [0.1, 0.15) is 57.6 Å². The number of nitrogens with one attached hydrogen (secondary N) is 1. The summed E-state index contributed by atoms with van der Waals surface area (Å²) in [5.41, 5.74) is 4.31. The summed E-state index contributed by atoms with van der Waals surface area (Å²) in [4.78, 5) is 29.0. The quantitative estimate of drug-likeness (QED) is 0.712. The van der Waals surface area contributed by atoms with Crippen LogP contribution in [0.2, 0.25) is 0 Å². The zero-order chi connectivity index (χ0) is 19.0. The zero-order valence-electron chi connectivity index (χ0n) is 15.5. The molecule has 0 fully saturated rings. The smallest absolute Gasteiger partial charge is 0.205 e. The summed E-state index contributed by atoms with van der Waals surface area (Å²) in [5.74, 6) is 0.211. The second-order valence-corrected chi connectivity index (χ2v) is 6.52. The molecule has 0 unspecified atom stereocenters. The summed E-state index contributed by atoms with van der Waals surface area (Å²) in [5, 5.41) is 12.4. The molecule has 0 radical (unpaired) electrons. The molecule has 0 bridgehead atoms. The Labute approximate surface area is 151 Å². The number of rotatable bonds is 5. The molecule has 2 aromatic heterocycles. The van der Waals surface area contributed by atoms with Gasteiger partial charge in [0.15, 0.2) is 5.78 Å². The van der Waals surface area contributed by atoms with Crippen molar-refractivity contribution in [2.75, 3.05) is 0 Å². The van der Waals surface area contributed by atoms with Crippen LogP contribution in [-0.2, 0) is 0 Å². The number of carbonyl (C=O) groups is 2. The highest BCUT2D eigenvalue weighted by atomic mass is 16.1. The number of aryl methyl sites for hydroxylation is 2. The van der Waals surface area contributed by atoms with Crippen LogP contribution in [0.4, 0.5) is 0 Å². The van der Waals surface area contributed by atoms with Gasteiger partial charge in [-0.1, -0.05) is 29.8 Å². The minimum atomic E-state index is -0.641. The number of carbonyl (C=O) groups excluding carboxylic acids is 2. The SMILES string of the molecule is CC(=O)c1c(C)[nH]c(C(=O)[C@H](C)n2nnc(-c3ccc(C)cc3)n2)c1C. The summed E-state index contributed by atoms with van der Waals surface area (Å²) >= 11 is 0. The van der Waals surface area contributed by atoms with Crippen LogP contribution in [0.3, 0.4) is 0 Å². The van der Waals surface area contributed by atoms with Gasteiger partial charge in [-0.3, -0.25) is 9.59 Å². The lowest BCUT2D eigenvalue weighted by Crippen LogP contribution is -2.20. The van der Waals surface area contributed by atoms with E-state index in [0.717, 1.165) is 11.1 Å². The first-order valence-corrected chi connectivity index (χ1v) is 8.40. The third-order valence-electron chi connectivity index (χ3n) is 4.50. The van der Waals surface area contributed by atoms with Crippen molar-refractivity contribution >= 4 is 11.6 Å². The van der Waals surface area contributed by atoms with Gasteiger partial charge >= 0.3 is 0 Å². The van der Waals surface area contributed by atoms with E-state index in [2.05, 4.69) is 20.4 Å². The summed E-state index contributed by atoms with van der Waals surface area (Å²) < 4.78 is 0. The molecule has 7 nitrogen and oxygen atoms in total. The van der Waals surface area contributed by atoms with Gasteiger partial charge in [0.1, 0.15) is 6.04 Å². The first-order chi connectivity index (χ1) is 12.3. The van der Waals surface area contributed by atoms with Gasteiger partial charge in [-0.25, -0.2) is 0 Å². The Balaban J connectivity index is 1.89. The maximum Gasteiger partial charge on any atom is 0.205 e. The Hall–Kier alpha value is -3.09. The lowest BCUT2D eigenvalue weighted by Gasteiger charge is -2.08. The Morgan fingerprint density at radius 3 is 2.35 bits per heavy atom. The molecular weight excluding hydrogens is 330 g/mol. The standard InChI is InChI=1S/C19H21N5O2/c1-10-6-8-15(9-7-10)19-21-23-24(22-19)13(4)18(26)17-11(2)16(14(5)25)12(3)20-17/h6-9,13,20H,1-5H3/t13-/m0/s1. The molecule has 0 aliphatic rings. The molecule has 134 valence electrons. The van der Waals surface area contributed by atoms with Crippen molar-refractivity contribution in [1.29, 1.82) is 0 Å². The molecule has 0 amide bonds. The molecule has 3 aromatic rings. The molecule has 0 aliphatic carbocycles. The van der Waals surface area contributed by atoms with Crippen LogP contribution in [0.25, 0.3) is 11.4 Å². The maximum absolute atomic E-state index is 12.9. The third-order valence-corrected chi connectivity index (χ3v) is 4.50. The number of aromatic amines is 1. The number of hydrogen-bond donors (Lipinski definition) is 1. The van der Waals surface area contributed by atoms with Crippen LogP contribution in [0.5, 0.6) is 0 Å². The van der Waals surface area contributed by atoms with Crippen molar-refractivity contribution in [2.45, 2.75) is 40.7 Å². The lowest BCUT2D eigenvalue weighted by molar-refractivity contribution is 0.0912. The van der Waals surface area contributed by atoms with Crippen molar-refractivity contribution in [1.82, 2.24) is 25.2 Å². The number of hydrogen-bond acceptors (Lipinski definition) is 5. The fraction of sp³-hybridized carbons (Fsp3) is 0.316. The average molecular weight is 351 g/mol. The number of tetrazole rings is 1. The van der Waals surface area contributed by atoms with E-state index in [1.54, 1.807) is 20.8 Å². The van der Waals surface area contributed by atoms with Crippen LogP contribution in [0.15, 0.2) is 24.3 Å². The van der Waals surface area contributed by atoms with E-state index in [1.165, 1.54) is 11.7 Å². The first-order valence-electron chi connectivity index (χ1n) is 8.40. The summed E-state index contributed by atoms with van der Waals surface area (Å²) in [6.45, 7) is 8.77. The van der Waals surface area contributed by atoms with E-state index in [9.17, 15) is 9.59 Å². The highest BCUT2D eigenvalue weighted by molar-refractivity contribution is 6.04. The number of H-pyrrole nitrogens is 1. The van der Waals surface area contributed by atoms with Gasteiger partial charge < -0.3 is 4.98 Å². The van der Waals surface area contributed by atoms with E-state index in [4.69, 9.17) is 0 Å². The molecule has 3 rings (SSSR count). The van der Waals surface area contributed by atoms with Gasteiger partial charge in [0.25, 0.3) is 0 Å². The van der Waals surface area contributed by atoms with Gasteiger partial charge in [-0.2, -0.15) is 4.80 Å². The average Bonchev–Trinajstić information content (AvgIpc) is 3.19. The number of ketones is 2. The van der Waals surface area contributed by atoms with Crippen molar-refractivity contribution in [3.05, 3.63) is 52.3 Å². The highest BCUT2D eigenvalue weighted by Crippen LogP contribution is 2.23. The lowest BCUT2D eigenvalue weighted by atomic mass is 10.0. The van der Waals surface area contributed by atoms with E-state index in [-0.39, 0.29) is 11.6 Å². The Kier molecular flexibility index (Phi) is 4.54. The molecule has 1 aromatic carbocycles. The van der Waals surface area contributed by atoms with E-state index < -0.39 is 6.04 Å². The molecule has 7 heteroatoms. The Morgan fingerprint density at radius 1 is 1.12 bits per heavy atom. The minimum Gasteiger partial charge on any atom is -0.355 e. The first kappa shape index (κ1) is 17.7. The third kappa shape index (κ3) is 3.08.